The third-order valence-corrected chi connectivity index (χ3v) is 14.5. The van der Waals surface area contributed by atoms with Gasteiger partial charge in [-0.25, -0.2) is 0 Å². The highest BCUT2D eigenvalue weighted by Crippen LogP contribution is 2.54. The van der Waals surface area contributed by atoms with E-state index < -0.39 is 0 Å². The highest BCUT2D eigenvalue weighted by atomic mass is 14.9. The van der Waals surface area contributed by atoms with Crippen LogP contribution in [0.5, 0.6) is 0 Å². The molecular formula is C41H76BN. The zero-order valence-electron chi connectivity index (χ0n) is 30.3. The Labute approximate surface area is 271 Å². The van der Waals surface area contributed by atoms with Crippen LogP contribution in [0.1, 0.15) is 164 Å². The second kappa shape index (κ2) is 18.2. The van der Waals surface area contributed by atoms with Gasteiger partial charge in [-0.1, -0.05) is 149 Å². The van der Waals surface area contributed by atoms with Gasteiger partial charge in [-0.05, 0) is 105 Å². The van der Waals surface area contributed by atoms with Crippen molar-refractivity contribution in [3.63, 3.8) is 0 Å². The Hall–Kier alpha value is -0.235. The van der Waals surface area contributed by atoms with Gasteiger partial charge in [0.2, 0.25) is 0 Å². The van der Waals surface area contributed by atoms with E-state index in [0.29, 0.717) is 0 Å². The molecule has 248 valence electrons. The maximum atomic E-state index is 4.41. The zero-order valence-corrected chi connectivity index (χ0v) is 30.3. The van der Waals surface area contributed by atoms with Gasteiger partial charge in [0.05, 0.1) is 0 Å². The molecule has 2 aliphatic carbocycles. The molecule has 0 radical (unpaired) electrons. The number of allylic oxidation sites excluding steroid dienone is 2. The summed E-state index contributed by atoms with van der Waals surface area (Å²) < 4.78 is 0. The van der Waals surface area contributed by atoms with Crippen molar-refractivity contribution in [1.82, 2.24) is 5.32 Å². The molecule has 1 N–H and O–H groups in total. The van der Waals surface area contributed by atoms with Gasteiger partial charge in [0.25, 0.3) is 0 Å². The molecule has 43 heavy (non-hydrogen) atoms. The van der Waals surface area contributed by atoms with E-state index in [9.17, 15) is 0 Å². The molecule has 0 spiro atoms. The first-order valence-electron chi connectivity index (χ1n) is 20.2. The summed E-state index contributed by atoms with van der Waals surface area (Å²) in [5.74, 6) is 9.93. The Morgan fingerprint density at radius 2 is 1.63 bits per heavy atom. The highest BCUT2D eigenvalue weighted by Gasteiger charge is 2.48. The Morgan fingerprint density at radius 1 is 0.837 bits per heavy atom. The van der Waals surface area contributed by atoms with E-state index in [4.69, 9.17) is 0 Å². The van der Waals surface area contributed by atoms with E-state index in [1.165, 1.54) is 128 Å². The summed E-state index contributed by atoms with van der Waals surface area (Å²) in [6.45, 7) is 20.3. The zero-order chi connectivity index (χ0) is 30.8. The predicted molar refractivity (Wildman–Crippen MR) is 193 cm³/mol. The summed E-state index contributed by atoms with van der Waals surface area (Å²) in [6, 6.07) is 0.749. The molecule has 1 nitrogen and oxygen atoms in total. The summed E-state index contributed by atoms with van der Waals surface area (Å²) in [7, 11) is 0. The van der Waals surface area contributed by atoms with Crippen molar-refractivity contribution in [2.45, 2.75) is 188 Å². The lowest BCUT2D eigenvalue weighted by molar-refractivity contribution is 0.169. The van der Waals surface area contributed by atoms with E-state index >= 15 is 0 Å². The number of unbranched alkanes of at least 4 members (excludes halogenated alkanes) is 3. The molecule has 2 saturated carbocycles. The molecule has 2 heteroatoms. The van der Waals surface area contributed by atoms with Crippen LogP contribution in [0.4, 0.5) is 0 Å². The first-order valence-corrected chi connectivity index (χ1v) is 20.2. The van der Waals surface area contributed by atoms with Gasteiger partial charge in [0, 0.05) is 6.04 Å². The maximum Gasteiger partial charge on any atom is 0.147 e. The number of hydrogen-bond acceptors (Lipinski definition) is 1. The molecule has 2 saturated heterocycles. The van der Waals surface area contributed by atoms with Crippen molar-refractivity contribution in [1.29, 1.82) is 0 Å². The standard InChI is InChI=1S/C41H76BN/c1-8-10-12-14-19-30(3)33(6)34(7)41-32(5)27-35(21-13-11-9-2)28-40(37-24-17-20-31(37)4)43-29-36-22-18-26-42(41)39-25-16-15-23-38(36)39/h9,11,30-41,43H,8,10,12-29H2,1-7H3/b11-9-. The quantitative estimate of drug-likeness (QED) is 0.135. The van der Waals surface area contributed by atoms with Crippen LogP contribution in [-0.4, -0.2) is 19.3 Å². The smallest absolute Gasteiger partial charge is 0.147 e. The maximum absolute atomic E-state index is 4.41. The average molecular weight is 594 g/mol. The predicted octanol–water partition coefficient (Wildman–Crippen LogP) is 12.5. The van der Waals surface area contributed by atoms with Crippen LogP contribution in [-0.2, 0) is 0 Å². The van der Waals surface area contributed by atoms with Gasteiger partial charge in [0.1, 0.15) is 6.71 Å². The summed E-state index contributed by atoms with van der Waals surface area (Å²) in [5.41, 5.74) is 0. The third-order valence-electron chi connectivity index (χ3n) is 14.5. The van der Waals surface area contributed by atoms with Gasteiger partial charge in [-0.3, -0.25) is 0 Å². The molecule has 4 aliphatic rings. The van der Waals surface area contributed by atoms with Gasteiger partial charge in [-0.15, -0.1) is 0 Å². The largest absolute Gasteiger partial charge is 0.313 e. The molecule has 2 bridgehead atoms. The summed E-state index contributed by atoms with van der Waals surface area (Å²) in [6.07, 6.45) is 32.5. The lowest BCUT2D eigenvalue weighted by Crippen LogP contribution is -2.46. The van der Waals surface area contributed by atoms with Crippen molar-refractivity contribution in [3.05, 3.63) is 12.2 Å². The normalized spacial score (nSPS) is 38.2. The van der Waals surface area contributed by atoms with E-state index in [0.717, 1.165) is 77.7 Å². The monoisotopic (exact) mass is 594 g/mol. The summed E-state index contributed by atoms with van der Waals surface area (Å²) >= 11 is 0. The molecular weight excluding hydrogens is 517 g/mol. The molecule has 12 unspecified atom stereocenters. The molecule has 4 fully saturated rings. The van der Waals surface area contributed by atoms with E-state index in [2.05, 4.69) is 65.9 Å². The fourth-order valence-electron chi connectivity index (χ4n) is 11.8. The van der Waals surface area contributed by atoms with Crippen LogP contribution in [0.3, 0.4) is 0 Å². The molecule has 0 aromatic rings. The minimum atomic E-state index is 0.749. The SMILES string of the molecule is C/C=C\CCC1CC(C)C(C(C)C(C)C(C)CCCCCC)B2CCCC(CNC(C3CCCC3C)C1)C1CCCCC21. The van der Waals surface area contributed by atoms with E-state index in [1.54, 1.807) is 0 Å². The molecule has 0 amide bonds. The van der Waals surface area contributed by atoms with Crippen LogP contribution in [0, 0.1) is 53.3 Å². The van der Waals surface area contributed by atoms with Gasteiger partial charge in [-0.2, -0.15) is 0 Å². The van der Waals surface area contributed by atoms with Crippen molar-refractivity contribution in [2.75, 3.05) is 6.54 Å². The summed E-state index contributed by atoms with van der Waals surface area (Å²) in [4.78, 5) is 0. The molecule has 0 aromatic carbocycles. The first-order chi connectivity index (χ1) is 20.8. The second-order valence-corrected chi connectivity index (χ2v) is 17.1. The Morgan fingerprint density at radius 3 is 2.37 bits per heavy atom. The first kappa shape index (κ1) is 35.6. The molecule has 4 rings (SSSR count). The van der Waals surface area contributed by atoms with Gasteiger partial charge in [0.15, 0.2) is 0 Å². The fourth-order valence-corrected chi connectivity index (χ4v) is 11.8. The van der Waals surface area contributed by atoms with Crippen LogP contribution in [0.25, 0.3) is 0 Å². The molecule has 0 aromatic heterocycles. The second-order valence-electron chi connectivity index (χ2n) is 17.1. The number of nitrogens with one attached hydrogen (secondary N) is 1. The van der Waals surface area contributed by atoms with Crippen LogP contribution >= 0.6 is 0 Å². The van der Waals surface area contributed by atoms with Gasteiger partial charge < -0.3 is 5.32 Å². The van der Waals surface area contributed by atoms with Crippen LogP contribution in [0.2, 0.25) is 18.0 Å². The highest BCUT2D eigenvalue weighted by molar-refractivity contribution is 6.62. The van der Waals surface area contributed by atoms with Crippen LogP contribution in [0.15, 0.2) is 12.2 Å². The van der Waals surface area contributed by atoms with E-state index in [1.807, 2.05) is 0 Å². The van der Waals surface area contributed by atoms with Crippen molar-refractivity contribution in [2.24, 2.45) is 53.3 Å². The van der Waals surface area contributed by atoms with E-state index in [-0.39, 0.29) is 0 Å². The Balaban J connectivity index is 1.64. The van der Waals surface area contributed by atoms with Crippen molar-refractivity contribution < 1.29 is 0 Å². The third kappa shape index (κ3) is 9.64. The molecule has 2 heterocycles. The minimum absolute atomic E-state index is 0.749. The fraction of sp³-hybridized carbons (Fsp3) is 0.951. The number of rotatable bonds is 12. The minimum Gasteiger partial charge on any atom is -0.313 e. The number of hydrogen-bond donors (Lipinski definition) is 1. The topological polar surface area (TPSA) is 12.0 Å². The Bertz CT molecular complexity index is 793. The van der Waals surface area contributed by atoms with Crippen LogP contribution < -0.4 is 5.32 Å². The van der Waals surface area contributed by atoms with Crippen molar-refractivity contribution in [3.8, 4) is 0 Å². The lowest BCUT2D eigenvalue weighted by atomic mass is 9.25. The molecule has 12 atom stereocenters. The average Bonchev–Trinajstić information content (AvgIpc) is 3.35. The van der Waals surface area contributed by atoms with Gasteiger partial charge >= 0.3 is 0 Å². The lowest BCUT2D eigenvalue weighted by Gasteiger charge is -2.47. The summed E-state index contributed by atoms with van der Waals surface area (Å²) in [5, 5.41) is 4.41. The molecule has 2 aliphatic heterocycles. The van der Waals surface area contributed by atoms with Crippen molar-refractivity contribution >= 4 is 6.71 Å². The Kier molecular flexibility index (Phi) is 15.1.